The van der Waals surface area contributed by atoms with E-state index in [1.165, 1.54) is 51.5 Å². The molecular weight excluding hydrogens is 182 g/mol. The van der Waals surface area contributed by atoms with Gasteiger partial charge in [0.05, 0.1) is 0 Å². The first-order valence-electron chi connectivity index (χ1n) is 6.92. The molecule has 0 aromatic rings. The Labute approximate surface area is 96.0 Å². The van der Waals surface area contributed by atoms with Crippen LogP contribution in [0.25, 0.3) is 0 Å². The van der Waals surface area contributed by atoms with Crippen LogP contribution in [0, 0.1) is 17.8 Å². The van der Waals surface area contributed by atoms with E-state index in [9.17, 15) is 0 Å². The van der Waals surface area contributed by atoms with Crippen molar-refractivity contribution < 1.29 is 0 Å². The van der Waals surface area contributed by atoms with Crippen LogP contribution in [0.15, 0.2) is 0 Å². The van der Waals surface area contributed by atoms with Gasteiger partial charge in [0.15, 0.2) is 0 Å². The summed E-state index contributed by atoms with van der Waals surface area (Å²) < 4.78 is 0. The highest BCUT2D eigenvalue weighted by molar-refractivity contribution is 4.76. The van der Waals surface area contributed by atoms with Crippen molar-refractivity contribution in [1.82, 2.24) is 5.32 Å². The molecule has 1 aliphatic rings. The standard InChI is InChI=1S/C14H29N/c1-4-12(2)10-13-8-6-5-7-9-14(13)11-15-3/h12-15H,4-11H2,1-3H3. The van der Waals surface area contributed by atoms with Gasteiger partial charge in [-0.2, -0.15) is 0 Å². The van der Waals surface area contributed by atoms with E-state index in [4.69, 9.17) is 0 Å². The molecule has 0 spiro atoms. The Bertz CT molecular complexity index is 155. The van der Waals surface area contributed by atoms with Gasteiger partial charge in [-0.05, 0) is 44.2 Å². The topological polar surface area (TPSA) is 12.0 Å². The Kier molecular flexibility index (Phi) is 6.31. The molecule has 1 heteroatoms. The quantitative estimate of drug-likeness (QED) is 0.681. The molecule has 1 fully saturated rings. The van der Waals surface area contributed by atoms with Crippen LogP contribution >= 0.6 is 0 Å². The van der Waals surface area contributed by atoms with E-state index in [-0.39, 0.29) is 0 Å². The van der Waals surface area contributed by atoms with E-state index in [1.54, 1.807) is 0 Å². The SMILES string of the molecule is CCC(C)CC1CCCCCC1CNC. The summed E-state index contributed by atoms with van der Waals surface area (Å²) in [5.41, 5.74) is 0. The van der Waals surface area contributed by atoms with Crippen molar-refractivity contribution in [3.05, 3.63) is 0 Å². The summed E-state index contributed by atoms with van der Waals surface area (Å²) in [7, 11) is 2.10. The lowest BCUT2D eigenvalue weighted by Crippen LogP contribution is -2.26. The molecule has 3 atom stereocenters. The van der Waals surface area contributed by atoms with Crippen LogP contribution in [-0.2, 0) is 0 Å². The zero-order valence-electron chi connectivity index (χ0n) is 10.9. The minimum atomic E-state index is 0.924. The van der Waals surface area contributed by atoms with Gasteiger partial charge in [0, 0.05) is 0 Å². The minimum absolute atomic E-state index is 0.924. The van der Waals surface area contributed by atoms with Gasteiger partial charge in [-0.3, -0.25) is 0 Å². The maximum Gasteiger partial charge on any atom is -0.00209 e. The lowest BCUT2D eigenvalue weighted by Gasteiger charge is -2.27. The van der Waals surface area contributed by atoms with E-state index >= 15 is 0 Å². The van der Waals surface area contributed by atoms with E-state index in [1.807, 2.05) is 0 Å². The fourth-order valence-corrected chi connectivity index (χ4v) is 2.99. The lowest BCUT2D eigenvalue weighted by atomic mass is 9.81. The third kappa shape index (κ3) is 4.55. The molecule has 90 valence electrons. The summed E-state index contributed by atoms with van der Waals surface area (Å²) in [5.74, 6) is 2.87. The molecule has 0 saturated heterocycles. The normalized spacial score (nSPS) is 29.8. The van der Waals surface area contributed by atoms with Crippen LogP contribution < -0.4 is 5.32 Å². The van der Waals surface area contributed by atoms with Crippen molar-refractivity contribution in [2.24, 2.45) is 17.8 Å². The zero-order chi connectivity index (χ0) is 11.1. The van der Waals surface area contributed by atoms with Gasteiger partial charge in [0.25, 0.3) is 0 Å². The summed E-state index contributed by atoms with van der Waals surface area (Å²) >= 11 is 0. The highest BCUT2D eigenvalue weighted by Gasteiger charge is 2.24. The number of hydrogen-bond acceptors (Lipinski definition) is 1. The van der Waals surface area contributed by atoms with Gasteiger partial charge in [-0.15, -0.1) is 0 Å². The molecule has 1 rings (SSSR count). The lowest BCUT2D eigenvalue weighted by molar-refractivity contribution is 0.252. The van der Waals surface area contributed by atoms with Gasteiger partial charge in [0.2, 0.25) is 0 Å². The van der Waals surface area contributed by atoms with E-state index < -0.39 is 0 Å². The van der Waals surface area contributed by atoms with Crippen LogP contribution in [0.5, 0.6) is 0 Å². The number of nitrogens with one attached hydrogen (secondary N) is 1. The van der Waals surface area contributed by atoms with E-state index in [0.29, 0.717) is 0 Å². The second-order valence-corrected chi connectivity index (χ2v) is 5.46. The first-order valence-corrected chi connectivity index (χ1v) is 6.92. The molecule has 0 amide bonds. The average molecular weight is 211 g/mol. The molecule has 0 heterocycles. The Balaban J connectivity index is 2.45. The Morgan fingerprint density at radius 2 is 1.80 bits per heavy atom. The monoisotopic (exact) mass is 211 g/mol. The summed E-state index contributed by atoms with van der Waals surface area (Å²) in [6.07, 6.45) is 10.2. The highest BCUT2D eigenvalue weighted by atomic mass is 14.8. The molecule has 1 aliphatic carbocycles. The first-order chi connectivity index (χ1) is 7.27. The van der Waals surface area contributed by atoms with E-state index in [0.717, 1.165) is 17.8 Å². The fourth-order valence-electron chi connectivity index (χ4n) is 2.99. The van der Waals surface area contributed by atoms with Crippen LogP contribution in [-0.4, -0.2) is 13.6 Å². The maximum absolute atomic E-state index is 3.39. The summed E-state index contributed by atoms with van der Waals surface area (Å²) in [6.45, 7) is 5.98. The third-order valence-electron chi connectivity index (χ3n) is 4.18. The van der Waals surface area contributed by atoms with Crippen LogP contribution in [0.4, 0.5) is 0 Å². The van der Waals surface area contributed by atoms with Crippen molar-refractivity contribution in [2.75, 3.05) is 13.6 Å². The molecule has 3 unspecified atom stereocenters. The molecule has 0 aromatic heterocycles. The van der Waals surface area contributed by atoms with Gasteiger partial charge >= 0.3 is 0 Å². The smallest absolute Gasteiger partial charge is 0.00209 e. The Hall–Kier alpha value is -0.0400. The van der Waals surface area contributed by atoms with Crippen molar-refractivity contribution in [1.29, 1.82) is 0 Å². The van der Waals surface area contributed by atoms with Crippen molar-refractivity contribution in [2.45, 2.75) is 58.8 Å². The van der Waals surface area contributed by atoms with Crippen molar-refractivity contribution in [3.63, 3.8) is 0 Å². The number of hydrogen-bond donors (Lipinski definition) is 1. The second-order valence-electron chi connectivity index (χ2n) is 5.46. The van der Waals surface area contributed by atoms with Gasteiger partial charge in [0.1, 0.15) is 0 Å². The highest BCUT2D eigenvalue weighted by Crippen LogP contribution is 2.33. The molecule has 0 aromatic carbocycles. The van der Waals surface area contributed by atoms with Crippen molar-refractivity contribution >= 4 is 0 Å². The summed E-state index contributed by atoms with van der Waals surface area (Å²) in [5, 5.41) is 3.39. The molecule has 0 aliphatic heterocycles. The number of rotatable bonds is 5. The predicted octanol–water partition coefficient (Wildman–Crippen LogP) is 3.84. The van der Waals surface area contributed by atoms with Gasteiger partial charge in [-0.25, -0.2) is 0 Å². The first kappa shape index (κ1) is 13.0. The summed E-state index contributed by atoms with van der Waals surface area (Å²) in [6, 6.07) is 0. The average Bonchev–Trinajstić information content (AvgIpc) is 2.45. The third-order valence-corrected chi connectivity index (χ3v) is 4.18. The van der Waals surface area contributed by atoms with Crippen LogP contribution in [0.1, 0.15) is 58.8 Å². The zero-order valence-corrected chi connectivity index (χ0v) is 10.9. The predicted molar refractivity (Wildman–Crippen MR) is 68.1 cm³/mol. The van der Waals surface area contributed by atoms with Crippen LogP contribution in [0.3, 0.4) is 0 Å². The fraction of sp³-hybridized carbons (Fsp3) is 1.00. The minimum Gasteiger partial charge on any atom is -0.319 e. The van der Waals surface area contributed by atoms with E-state index in [2.05, 4.69) is 26.2 Å². The summed E-state index contributed by atoms with van der Waals surface area (Å²) in [4.78, 5) is 0. The molecule has 1 nitrogen and oxygen atoms in total. The molecule has 1 saturated carbocycles. The second kappa shape index (κ2) is 7.27. The molecule has 0 bridgehead atoms. The van der Waals surface area contributed by atoms with Gasteiger partial charge < -0.3 is 5.32 Å². The van der Waals surface area contributed by atoms with Gasteiger partial charge in [-0.1, -0.05) is 46.0 Å². The Morgan fingerprint density at radius 3 is 2.40 bits per heavy atom. The largest absolute Gasteiger partial charge is 0.319 e. The Morgan fingerprint density at radius 1 is 1.13 bits per heavy atom. The molecule has 1 N–H and O–H groups in total. The molecule has 15 heavy (non-hydrogen) atoms. The molecule has 0 radical (unpaired) electrons. The van der Waals surface area contributed by atoms with Crippen molar-refractivity contribution in [3.8, 4) is 0 Å². The molecular formula is C14H29N. The maximum atomic E-state index is 3.39. The van der Waals surface area contributed by atoms with Crippen LogP contribution in [0.2, 0.25) is 0 Å².